The average Bonchev–Trinajstić information content (AvgIpc) is 2.82. The molecule has 1 saturated heterocycles. The molecule has 0 aromatic heterocycles. The standard InChI is InChI=1S/C26H19N3O3S/c1-17-6-10-21(11-7-17)29-25(31)23(24(30)28-26(29)33)14-18-8-12-22(13-9-18)32-16-20-5-3-2-4-19(20)15-27/h2-14H,16H2,1H3,(H,28,30,33)/b23-14+. The van der Waals surface area contributed by atoms with Crippen molar-refractivity contribution in [3.8, 4) is 11.8 Å². The van der Waals surface area contributed by atoms with Crippen molar-refractivity contribution in [3.63, 3.8) is 0 Å². The van der Waals surface area contributed by atoms with Gasteiger partial charge in [-0.05, 0) is 61.1 Å². The van der Waals surface area contributed by atoms with Gasteiger partial charge in [-0.3, -0.25) is 19.8 Å². The summed E-state index contributed by atoms with van der Waals surface area (Å²) in [6.07, 6.45) is 1.52. The van der Waals surface area contributed by atoms with Crippen LogP contribution in [0.25, 0.3) is 6.08 Å². The maximum absolute atomic E-state index is 13.1. The van der Waals surface area contributed by atoms with Crippen molar-refractivity contribution in [1.82, 2.24) is 5.32 Å². The molecule has 0 atom stereocenters. The van der Waals surface area contributed by atoms with E-state index in [1.54, 1.807) is 48.5 Å². The molecule has 0 bridgehead atoms. The number of nitriles is 1. The highest BCUT2D eigenvalue weighted by Gasteiger charge is 2.34. The Labute approximate surface area is 196 Å². The van der Waals surface area contributed by atoms with Crippen LogP contribution in [0.5, 0.6) is 5.75 Å². The lowest BCUT2D eigenvalue weighted by molar-refractivity contribution is -0.122. The van der Waals surface area contributed by atoms with E-state index in [0.717, 1.165) is 11.1 Å². The number of nitrogens with zero attached hydrogens (tertiary/aromatic N) is 2. The number of nitrogens with one attached hydrogen (secondary N) is 1. The predicted molar refractivity (Wildman–Crippen MR) is 129 cm³/mol. The number of amides is 2. The lowest BCUT2D eigenvalue weighted by atomic mass is 10.1. The molecule has 2 amide bonds. The Hall–Kier alpha value is -4.28. The van der Waals surface area contributed by atoms with Gasteiger partial charge >= 0.3 is 0 Å². The van der Waals surface area contributed by atoms with Gasteiger partial charge in [-0.1, -0.05) is 48.0 Å². The van der Waals surface area contributed by atoms with Crippen LogP contribution in [-0.4, -0.2) is 16.9 Å². The number of carbonyl (C=O) groups excluding carboxylic acids is 2. The largest absolute Gasteiger partial charge is 0.489 e. The van der Waals surface area contributed by atoms with E-state index in [1.807, 2.05) is 31.2 Å². The third kappa shape index (κ3) is 4.81. The van der Waals surface area contributed by atoms with Gasteiger partial charge in [0.25, 0.3) is 11.8 Å². The molecule has 0 radical (unpaired) electrons. The number of aryl methyl sites for hydroxylation is 1. The maximum atomic E-state index is 13.1. The zero-order valence-corrected chi connectivity index (χ0v) is 18.6. The second-order valence-electron chi connectivity index (χ2n) is 7.42. The molecule has 0 spiro atoms. The molecule has 1 N–H and O–H groups in total. The first-order chi connectivity index (χ1) is 16.0. The molecule has 1 aliphatic heterocycles. The van der Waals surface area contributed by atoms with Crippen molar-refractivity contribution in [3.05, 3.63) is 101 Å². The molecule has 3 aromatic rings. The van der Waals surface area contributed by atoms with Gasteiger partial charge in [-0.15, -0.1) is 0 Å². The van der Waals surface area contributed by atoms with Gasteiger partial charge in [0.05, 0.1) is 17.3 Å². The molecule has 33 heavy (non-hydrogen) atoms. The van der Waals surface area contributed by atoms with Crippen LogP contribution >= 0.6 is 12.2 Å². The van der Waals surface area contributed by atoms with Crippen LogP contribution in [0.3, 0.4) is 0 Å². The van der Waals surface area contributed by atoms with Crippen molar-refractivity contribution in [2.75, 3.05) is 4.90 Å². The Kier molecular flexibility index (Phi) is 6.29. The summed E-state index contributed by atoms with van der Waals surface area (Å²) in [4.78, 5) is 26.9. The Bertz CT molecular complexity index is 1310. The summed E-state index contributed by atoms with van der Waals surface area (Å²) in [6, 6.07) is 23.7. The van der Waals surface area contributed by atoms with Gasteiger partial charge in [-0.25, -0.2) is 0 Å². The molecule has 4 rings (SSSR count). The van der Waals surface area contributed by atoms with E-state index in [9.17, 15) is 14.9 Å². The molecule has 1 aliphatic rings. The first kappa shape index (κ1) is 21.9. The number of benzene rings is 3. The molecule has 7 heteroatoms. The number of hydrogen-bond donors (Lipinski definition) is 1. The molecule has 3 aromatic carbocycles. The Morgan fingerprint density at radius 2 is 1.73 bits per heavy atom. The number of carbonyl (C=O) groups is 2. The number of ether oxygens (including phenoxy) is 1. The van der Waals surface area contributed by atoms with E-state index in [1.165, 1.54) is 11.0 Å². The maximum Gasteiger partial charge on any atom is 0.270 e. The van der Waals surface area contributed by atoms with Crippen LogP contribution in [0.4, 0.5) is 5.69 Å². The van der Waals surface area contributed by atoms with E-state index < -0.39 is 11.8 Å². The highest BCUT2D eigenvalue weighted by Crippen LogP contribution is 2.23. The third-order valence-electron chi connectivity index (χ3n) is 5.12. The van der Waals surface area contributed by atoms with E-state index in [0.29, 0.717) is 22.6 Å². The number of rotatable bonds is 5. The minimum absolute atomic E-state index is 0.0132. The molecule has 162 valence electrons. The highest BCUT2D eigenvalue weighted by atomic mass is 32.1. The van der Waals surface area contributed by atoms with Crippen LogP contribution < -0.4 is 15.0 Å². The van der Waals surface area contributed by atoms with E-state index in [-0.39, 0.29) is 17.3 Å². The minimum atomic E-state index is -0.540. The second kappa shape index (κ2) is 9.47. The first-order valence-electron chi connectivity index (χ1n) is 10.2. The van der Waals surface area contributed by atoms with E-state index >= 15 is 0 Å². The fraction of sp³-hybridized carbons (Fsp3) is 0.0769. The SMILES string of the molecule is Cc1ccc(N2C(=O)/C(=C/c3ccc(OCc4ccccc4C#N)cc3)C(=O)NC2=S)cc1. The second-order valence-corrected chi connectivity index (χ2v) is 7.81. The van der Waals surface area contributed by atoms with Gasteiger partial charge < -0.3 is 4.74 Å². The van der Waals surface area contributed by atoms with Crippen molar-refractivity contribution >= 4 is 40.9 Å². The third-order valence-corrected chi connectivity index (χ3v) is 5.40. The highest BCUT2D eigenvalue weighted by molar-refractivity contribution is 7.80. The summed E-state index contributed by atoms with van der Waals surface area (Å²) in [7, 11) is 0. The van der Waals surface area contributed by atoms with E-state index in [2.05, 4.69) is 11.4 Å². The van der Waals surface area contributed by atoms with Crippen LogP contribution in [-0.2, 0) is 16.2 Å². The van der Waals surface area contributed by atoms with Crippen LogP contribution in [0.15, 0.2) is 78.4 Å². The summed E-state index contributed by atoms with van der Waals surface area (Å²) < 4.78 is 5.78. The molecule has 0 aliphatic carbocycles. The van der Waals surface area contributed by atoms with Gasteiger partial charge in [0, 0.05) is 5.56 Å². The van der Waals surface area contributed by atoms with Crippen LogP contribution in [0, 0.1) is 18.3 Å². The lowest BCUT2D eigenvalue weighted by Gasteiger charge is -2.29. The van der Waals surface area contributed by atoms with Gasteiger partial charge in [0.2, 0.25) is 0 Å². The normalized spacial score (nSPS) is 14.7. The fourth-order valence-corrected chi connectivity index (χ4v) is 3.61. The van der Waals surface area contributed by atoms with Crippen molar-refractivity contribution in [2.24, 2.45) is 0 Å². The molecule has 1 fully saturated rings. The zero-order chi connectivity index (χ0) is 23.4. The summed E-state index contributed by atoms with van der Waals surface area (Å²) >= 11 is 5.23. The topological polar surface area (TPSA) is 82.4 Å². The summed E-state index contributed by atoms with van der Waals surface area (Å²) in [5.41, 5.74) is 3.64. The quantitative estimate of drug-likeness (QED) is 0.354. The van der Waals surface area contributed by atoms with Crippen molar-refractivity contribution in [1.29, 1.82) is 5.26 Å². The molecule has 6 nitrogen and oxygen atoms in total. The summed E-state index contributed by atoms with van der Waals surface area (Å²) in [6.45, 7) is 2.21. The van der Waals surface area contributed by atoms with Crippen LogP contribution in [0.1, 0.15) is 22.3 Å². The number of thiocarbonyl (C=S) groups is 1. The van der Waals surface area contributed by atoms with Gasteiger partial charge in [-0.2, -0.15) is 5.26 Å². The minimum Gasteiger partial charge on any atom is -0.489 e. The summed E-state index contributed by atoms with van der Waals surface area (Å²) in [5, 5.41) is 11.8. The number of anilines is 1. The first-order valence-corrected chi connectivity index (χ1v) is 10.6. The summed E-state index contributed by atoms with van der Waals surface area (Å²) in [5.74, 6) is -0.422. The predicted octanol–water partition coefficient (Wildman–Crippen LogP) is 4.28. The Balaban J connectivity index is 1.52. The average molecular weight is 454 g/mol. The monoisotopic (exact) mass is 453 g/mol. The van der Waals surface area contributed by atoms with Gasteiger partial charge in [0.15, 0.2) is 5.11 Å². The van der Waals surface area contributed by atoms with Gasteiger partial charge in [0.1, 0.15) is 17.9 Å². The number of hydrogen-bond acceptors (Lipinski definition) is 5. The van der Waals surface area contributed by atoms with E-state index in [4.69, 9.17) is 17.0 Å². The molecule has 0 unspecified atom stereocenters. The molecular formula is C26H19N3O3S. The Morgan fingerprint density at radius 1 is 1.03 bits per heavy atom. The fourth-order valence-electron chi connectivity index (χ4n) is 3.33. The van der Waals surface area contributed by atoms with Crippen molar-refractivity contribution in [2.45, 2.75) is 13.5 Å². The lowest BCUT2D eigenvalue weighted by Crippen LogP contribution is -2.54. The molecule has 0 saturated carbocycles. The molecule has 1 heterocycles. The van der Waals surface area contributed by atoms with Crippen LogP contribution in [0.2, 0.25) is 0 Å². The smallest absolute Gasteiger partial charge is 0.270 e. The molecular weight excluding hydrogens is 434 g/mol. The van der Waals surface area contributed by atoms with Crippen molar-refractivity contribution < 1.29 is 14.3 Å². The Morgan fingerprint density at radius 3 is 2.42 bits per heavy atom. The zero-order valence-electron chi connectivity index (χ0n) is 17.7.